The Bertz CT molecular complexity index is 635. The summed E-state index contributed by atoms with van der Waals surface area (Å²) in [7, 11) is 3.55. The quantitative estimate of drug-likeness (QED) is 0.810. The molecule has 0 N–H and O–H groups in total. The fourth-order valence-electron chi connectivity index (χ4n) is 1.83. The molecule has 0 amide bonds. The average Bonchev–Trinajstić information content (AvgIpc) is 2.47. The number of rotatable bonds is 4. The van der Waals surface area contributed by atoms with Crippen molar-refractivity contribution < 1.29 is 4.74 Å². The minimum atomic E-state index is 0.320. The van der Waals surface area contributed by atoms with E-state index >= 15 is 0 Å². The van der Waals surface area contributed by atoms with Crippen molar-refractivity contribution in [3.05, 3.63) is 52.7 Å². The number of hydrogen-bond acceptors (Lipinski definition) is 4. The highest BCUT2D eigenvalue weighted by Gasteiger charge is 2.07. The summed E-state index contributed by atoms with van der Waals surface area (Å²) in [5, 5.41) is 9.27. The van der Waals surface area contributed by atoms with Crippen molar-refractivity contribution in [2.24, 2.45) is 0 Å². The van der Waals surface area contributed by atoms with Gasteiger partial charge in [0.15, 0.2) is 0 Å². The molecule has 0 saturated carbocycles. The van der Waals surface area contributed by atoms with Crippen LogP contribution in [0, 0.1) is 11.3 Å². The lowest BCUT2D eigenvalue weighted by atomic mass is 10.2. The van der Waals surface area contributed by atoms with Gasteiger partial charge in [0.1, 0.15) is 16.7 Å². The number of halogens is 1. The third-order valence-corrected chi connectivity index (χ3v) is 3.07. The highest BCUT2D eigenvalue weighted by molar-refractivity contribution is 6.29. The van der Waals surface area contributed by atoms with Crippen LogP contribution in [0.25, 0.3) is 0 Å². The Morgan fingerprint density at radius 1 is 1.30 bits per heavy atom. The van der Waals surface area contributed by atoms with Crippen LogP contribution in [0.2, 0.25) is 5.15 Å². The maximum absolute atomic E-state index is 8.95. The van der Waals surface area contributed by atoms with Crippen LogP contribution in [0.15, 0.2) is 36.4 Å². The Morgan fingerprint density at radius 2 is 2.00 bits per heavy atom. The third kappa shape index (κ3) is 3.40. The number of nitriles is 1. The van der Waals surface area contributed by atoms with Crippen LogP contribution < -0.4 is 9.64 Å². The lowest BCUT2D eigenvalue weighted by Gasteiger charge is -2.18. The van der Waals surface area contributed by atoms with E-state index in [9.17, 15) is 0 Å². The van der Waals surface area contributed by atoms with Crippen molar-refractivity contribution in [3.8, 4) is 11.8 Å². The zero-order valence-electron chi connectivity index (χ0n) is 11.3. The van der Waals surface area contributed by atoms with Crippen molar-refractivity contribution in [2.45, 2.75) is 6.54 Å². The molecule has 1 aromatic carbocycles. The van der Waals surface area contributed by atoms with Crippen LogP contribution in [0.4, 0.5) is 5.82 Å². The normalized spacial score (nSPS) is 9.90. The molecular weight excluding hydrogens is 274 g/mol. The van der Waals surface area contributed by atoms with Gasteiger partial charge in [-0.1, -0.05) is 23.7 Å². The molecule has 2 aromatic rings. The first kappa shape index (κ1) is 14.2. The summed E-state index contributed by atoms with van der Waals surface area (Å²) in [6, 6.07) is 13.1. The van der Waals surface area contributed by atoms with Gasteiger partial charge in [-0.05, 0) is 29.8 Å². The highest BCUT2D eigenvalue weighted by atomic mass is 35.5. The van der Waals surface area contributed by atoms with Crippen LogP contribution >= 0.6 is 11.6 Å². The second-order valence-corrected chi connectivity index (χ2v) is 4.74. The van der Waals surface area contributed by atoms with E-state index in [4.69, 9.17) is 21.6 Å². The summed E-state index contributed by atoms with van der Waals surface area (Å²) >= 11 is 5.91. The topological polar surface area (TPSA) is 49.1 Å². The summed E-state index contributed by atoms with van der Waals surface area (Å²) in [6.45, 7) is 0.669. The van der Waals surface area contributed by atoms with Crippen LogP contribution in [-0.4, -0.2) is 19.1 Å². The minimum Gasteiger partial charge on any atom is -0.497 e. The number of anilines is 1. The van der Waals surface area contributed by atoms with E-state index in [1.807, 2.05) is 36.2 Å². The molecule has 0 fully saturated rings. The molecular formula is C15H14ClN3O. The van der Waals surface area contributed by atoms with Crippen molar-refractivity contribution in [2.75, 3.05) is 19.1 Å². The van der Waals surface area contributed by atoms with Gasteiger partial charge in [-0.3, -0.25) is 0 Å². The number of ether oxygens (including phenoxy) is 1. The second-order valence-electron chi connectivity index (χ2n) is 4.35. The predicted octanol–water partition coefficient (Wildman–Crippen LogP) is 3.25. The Balaban J connectivity index is 2.16. The smallest absolute Gasteiger partial charge is 0.132 e. The van der Waals surface area contributed by atoms with Crippen molar-refractivity contribution in [1.29, 1.82) is 5.26 Å². The number of nitrogens with zero attached hydrogens (tertiary/aromatic N) is 3. The lowest BCUT2D eigenvalue weighted by molar-refractivity contribution is 0.414. The number of benzene rings is 1. The van der Waals surface area contributed by atoms with Gasteiger partial charge in [0.25, 0.3) is 0 Å². The molecule has 0 atom stereocenters. The van der Waals surface area contributed by atoms with Gasteiger partial charge in [0.05, 0.1) is 18.7 Å². The van der Waals surface area contributed by atoms with Crippen molar-refractivity contribution in [3.63, 3.8) is 0 Å². The van der Waals surface area contributed by atoms with Gasteiger partial charge in [-0.2, -0.15) is 5.26 Å². The number of aromatic nitrogens is 1. The monoisotopic (exact) mass is 287 g/mol. The molecule has 0 aliphatic carbocycles. The van der Waals surface area contributed by atoms with Gasteiger partial charge in [0.2, 0.25) is 0 Å². The third-order valence-electron chi connectivity index (χ3n) is 2.88. The molecule has 0 spiro atoms. The molecule has 0 aliphatic heterocycles. The van der Waals surface area contributed by atoms with Crippen LogP contribution in [-0.2, 0) is 6.54 Å². The van der Waals surface area contributed by atoms with Gasteiger partial charge < -0.3 is 9.64 Å². The molecule has 0 unspecified atom stereocenters. The predicted molar refractivity (Wildman–Crippen MR) is 79.1 cm³/mol. The zero-order chi connectivity index (χ0) is 14.5. The molecule has 1 aromatic heterocycles. The average molecular weight is 288 g/mol. The first-order valence-electron chi connectivity index (χ1n) is 6.04. The van der Waals surface area contributed by atoms with Gasteiger partial charge in [-0.25, -0.2) is 4.98 Å². The van der Waals surface area contributed by atoms with E-state index in [1.165, 1.54) is 0 Å². The van der Waals surface area contributed by atoms with Crippen LogP contribution in [0.5, 0.6) is 5.75 Å². The van der Waals surface area contributed by atoms with E-state index in [0.29, 0.717) is 23.1 Å². The van der Waals surface area contributed by atoms with Crippen molar-refractivity contribution >= 4 is 17.4 Å². The van der Waals surface area contributed by atoms with E-state index in [0.717, 1.165) is 11.3 Å². The first-order chi connectivity index (χ1) is 9.62. The largest absolute Gasteiger partial charge is 0.497 e. The summed E-state index contributed by atoms with van der Waals surface area (Å²) < 4.78 is 5.13. The Morgan fingerprint density at radius 3 is 2.60 bits per heavy atom. The molecule has 2 rings (SSSR count). The molecule has 102 valence electrons. The van der Waals surface area contributed by atoms with Gasteiger partial charge in [0, 0.05) is 13.6 Å². The van der Waals surface area contributed by atoms with E-state index in [-0.39, 0.29) is 0 Å². The molecule has 4 nitrogen and oxygen atoms in total. The summed E-state index contributed by atoms with van der Waals surface area (Å²) in [4.78, 5) is 6.17. The Kier molecular flexibility index (Phi) is 4.44. The highest BCUT2D eigenvalue weighted by Crippen LogP contribution is 2.19. The van der Waals surface area contributed by atoms with E-state index < -0.39 is 0 Å². The van der Waals surface area contributed by atoms with Crippen molar-refractivity contribution in [1.82, 2.24) is 4.98 Å². The van der Waals surface area contributed by atoms with Crippen LogP contribution in [0.1, 0.15) is 11.1 Å². The molecule has 0 saturated heterocycles. The zero-order valence-corrected chi connectivity index (χ0v) is 12.1. The summed E-state index contributed by atoms with van der Waals surface area (Å²) in [6.07, 6.45) is 0. The second kappa shape index (κ2) is 6.27. The maximum Gasteiger partial charge on any atom is 0.132 e. The molecule has 0 radical (unpaired) electrons. The SMILES string of the molecule is COc1ccc(CN(C)c2cc(C#N)cc(Cl)n2)cc1. The molecule has 0 aliphatic rings. The maximum atomic E-state index is 8.95. The van der Waals surface area contributed by atoms with E-state index in [2.05, 4.69) is 11.1 Å². The minimum absolute atomic E-state index is 0.320. The fourth-order valence-corrected chi connectivity index (χ4v) is 2.03. The number of hydrogen-bond donors (Lipinski definition) is 0. The number of pyridine rings is 1. The van der Waals surface area contributed by atoms with E-state index in [1.54, 1.807) is 19.2 Å². The first-order valence-corrected chi connectivity index (χ1v) is 6.42. The molecule has 5 heteroatoms. The van der Waals surface area contributed by atoms with Gasteiger partial charge >= 0.3 is 0 Å². The van der Waals surface area contributed by atoms with Crippen LogP contribution in [0.3, 0.4) is 0 Å². The standard InChI is InChI=1S/C15H14ClN3O/c1-19(10-11-3-5-13(20-2)6-4-11)15-8-12(9-17)7-14(16)18-15/h3-8H,10H2,1-2H3. The lowest BCUT2D eigenvalue weighted by Crippen LogP contribution is -2.17. The molecule has 0 bridgehead atoms. The molecule has 20 heavy (non-hydrogen) atoms. The van der Waals surface area contributed by atoms with Gasteiger partial charge in [-0.15, -0.1) is 0 Å². The Labute approximate surface area is 123 Å². The fraction of sp³-hybridized carbons (Fsp3) is 0.200. The number of methoxy groups -OCH3 is 1. The summed E-state index contributed by atoms with van der Waals surface area (Å²) in [5.41, 5.74) is 1.62. The summed E-state index contributed by atoms with van der Waals surface area (Å²) in [5.74, 6) is 1.49. The molecule has 1 heterocycles. The Hall–Kier alpha value is -2.25.